The molecule has 1 unspecified atom stereocenters. The van der Waals surface area contributed by atoms with Crippen molar-refractivity contribution in [3.8, 4) is 0 Å². The Morgan fingerprint density at radius 2 is 2.05 bits per heavy atom. The van der Waals surface area contributed by atoms with E-state index in [1.54, 1.807) is 23.1 Å². The van der Waals surface area contributed by atoms with E-state index < -0.39 is 5.97 Å². The highest BCUT2D eigenvalue weighted by Crippen LogP contribution is 2.08. The van der Waals surface area contributed by atoms with Gasteiger partial charge in [0.05, 0.1) is 18.3 Å². The molecule has 1 heterocycles. The lowest BCUT2D eigenvalue weighted by Crippen LogP contribution is -2.43. The third-order valence-electron chi connectivity index (χ3n) is 3.13. The van der Waals surface area contributed by atoms with Crippen LogP contribution in [0.5, 0.6) is 0 Å². The van der Waals surface area contributed by atoms with E-state index in [4.69, 9.17) is 9.84 Å². The summed E-state index contributed by atoms with van der Waals surface area (Å²) >= 11 is 0. The van der Waals surface area contributed by atoms with Crippen molar-refractivity contribution < 1.29 is 19.4 Å². The van der Waals surface area contributed by atoms with Gasteiger partial charge in [0.25, 0.3) is 0 Å². The third kappa shape index (κ3) is 3.68. The third-order valence-corrected chi connectivity index (χ3v) is 3.13. The minimum absolute atomic E-state index is 0.0533. The molecule has 1 aromatic carbocycles. The van der Waals surface area contributed by atoms with Crippen LogP contribution in [-0.2, 0) is 9.53 Å². The van der Waals surface area contributed by atoms with Gasteiger partial charge in [0.15, 0.2) is 0 Å². The summed E-state index contributed by atoms with van der Waals surface area (Å²) in [7, 11) is 0. The molecule has 1 amide bonds. The Labute approximate surface area is 117 Å². The average Bonchev–Trinajstić information content (AvgIpc) is 2.45. The van der Waals surface area contributed by atoms with E-state index in [1.807, 2.05) is 6.92 Å². The van der Waals surface area contributed by atoms with E-state index in [1.165, 1.54) is 18.2 Å². The number of carbonyl (C=O) groups is 2. The van der Waals surface area contributed by atoms with E-state index in [-0.39, 0.29) is 17.6 Å². The van der Waals surface area contributed by atoms with Crippen LogP contribution < -0.4 is 0 Å². The molecule has 106 valence electrons. The van der Waals surface area contributed by atoms with Gasteiger partial charge >= 0.3 is 5.97 Å². The fourth-order valence-corrected chi connectivity index (χ4v) is 2.03. The van der Waals surface area contributed by atoms with Crippen LogP contribution in [0.25, 0.3) is 6.08 Å². The number of morpholine rings is 1. The Bertz CT molecular complexity index is 521. The molecule has 0 aliphatic carbocycles. The molecule has 0 aromatic heterocycles. The maximum atomic E-state index is 12.0. The van der Waals surface area contributed by atoms with Gasteiger partial charge in [0.2, 0.25) is 5.91 Å². The van der Waals surface area contributed by atoms with Gasteiger partial charge in [-0.2, -0.15) is 0 Å². The Morgan fingerprint density at radius 1 is 1.35 bits per heavy atom. The number of aromatic carboxylic acids is 1. The normalized spacial score (nSPS) is 19.2. The second kappa shape index (κ2) is 6.34. The van der Waals surface area contributed by atoms with E-state index in [9.17, 15) is 9.59 Å². The Balaban J connectivity index is 1.97. The Morgan fingerprint density at radius 3 is 2.65 bits per heavy atom. The van der Waals surface area contributed by atoms with Crippen LogP contribution in [0.15, 0.2) is 30.3 Å². The zero-order valence-electron chi connectivity index (χ0n) is 11.3. The Hall–Kier alpha value is -2.14. The van der Waals surface area contributed by atoms with Crippen molar-refractivity contribution >= 4 is 18.0 Å². The molecule has 0 radical (unpaired) electrons. The van der Waals surface area contributed by atoms with Gasteiger partial charge in [-0.05, 0) is 30.7 Å². The van der Waals surface area contributed by atoms with Crippen molar-refractivity contribution in [3.63, 3.8) is 0 Å². The molecule has 0 bridgehead atoms. The predicted octanol–water partition coefficient (Wildman–Crippen LogP) is 1.65. The molecular weight excluding hydrogens is 258 g/mol. The first-order valence-electron chi connectivity index (χ1n) is 6.48. The molecule has 1 aliphatic heterocycles. The molecule has 1 saturated heterocycles. The van der Waals surface area contributed by atoms with Crippen LogP contribution in [0.3, 0.4) is 0 Å². The summed E-state index contributed by atoms with van der Waals surface area (Å²) in [6, 6.07) is 6.39. The van der Waals surface area contributed by atoms with Crippen LogP contribution >= 0.6 is 0 Å². The number of carboxylic acid groups (broad SMARTS) is 1. The van der Waals surface area contributed by atoms with Crippen LogP contribution in [0.4, 0.5) is 0 Å². The smallest absolute Gasteiger partial charge is 0.335 e. The van der Waals surface area contributed by atoms with Gasteiger partial charge in [-0.25, -0.2) is 4.79 Å². The minimum Gasteiger partial charge on any atom is -0.478 e. The van der Waals surface area contributed by atoms with E-state index >= 15 is 0 Å². The molecule has 1 aromatic rings. The lowest BCUT2D eigenvalue weighted by Gasteiger charge is -2.30. The standard InChI is InChI=1S/C15H17NO4/c1-11-10-16(8-9-20-11)14(17)7-4-12-2-5-13(6-3-12)15(18)19/h2-7,11H,8-10H2,1H3,(H,18,19). The first-order valence-corrected chi connectivity index (χ1v) is 6.48. The van der Waals surface area contributed by atoms with Gasteiger partial charge in [0.1, 0.15) is 0 Å². The highest BCUT2D eigenvalue weighted by Gasteiger charge is 2.19. The van der Waals surface area contributed by atoms with Crippen LogP contribution in [-0.4, -0.2) is 47.7 Å². The van der Waals surface area contributed by atoms with Crippen molar-refractivity contribution in [2.75, 3.05) is 19.7 Å². The minimum atomic E-state index is -0.959. The van der Waals surface area contributed by atoms with Crippen molar-refractivity contribution in [3.05, 3.63) is 41.5 Å². The van der Waals surface area contributed by atoms with Crippen molar-refractivity contribution in [1.82, 2.24) is 4.90 Å². The lowest BCUT2D eigenvalue weighted by molar-refractivity contribution is -0.132. The monoisotopic (exact) mass is 275 g/mol. The summed E-state index contributed by atoms with van der Waals surface area (Å²) in [6.45, 7) is 3.70. The molecule has 1 aliphatic rings. The molecule has 5 heteroatoms. The molecule has 0 spiro atoms. The molecule has 5 nitrogen and oxygen atoms in total. The van der Waals surface area contributed by atoms with Crippen LogP contribution in [0, 0.1) is 0 Å². The second-order valence-corrected chi connectivity index (χ2v) is 4.73. The van der Waals surface area contributed by atoms with Gasteiger partial charge in [-0.3, -0.25) is 4.79 Å². The summed E-state index contributed by atoms with van der Waals surface area (Å²) in [5.41, 5.74) is 1.03. The lowest BCUT2D eigenvalue weighted by atomic mass is 10.1. The van der Waals surface area contributed by atoms with E-state index in [2.05, 4.69) is 0 Å². The maximum Gasteiger partial charge on any atom is 0.335 e. The van der Waals surface area contributed by atoms with E-state index in [0.717, 1.165) is 5.56 Å². The van der Waals surface area contributed by atoms with Crippen LogP contribution in [0.2, 0.25) is 0 Å². The van der Waals surface area contributed by atoms with Crippen LogP contribution in [0.1, 0.15) is 22.8 Å². The largest absolute Gasteiger partial charge is 0.478 e. The molecule has 0 saturated carbocycles. The zero-order chi connectivity index (χ0) is 14.5. The molecule has 20 heavy (non-hydrogen) atoms. The first kappa shape index (κ1) is 14.3. The van der Waals surface area contributed by atoms with Crippen molar-refractivity contribution in [2.45, 2.75) is 13.0 Å². The van der Waals surface area contributed by atoms with Gasteiger partial charge in [-0.15, -0.1) is 0 Å². The fourth-order valence-electron chi connectivity index (χ4n) is 2.03. The Kier molecular flexibility index (Phi) is 4.53. The maximum absolute atomic E-state index is 12.0. The number of nitrogens with zero attached hydrogens (tertiary/aromatic N) is 1. The summed E-state index contributed by atoms with van der Waals surface area (Å²) in [5, 5.41) is 8.80. The summed E-state index contributed by atoms with van der Waals surface area (Å²) in [5.74, 6) is -1.01. The molecule has 1 N–H and O–H groups in total. The first-order chi connectivity index (χ1) is 9.56. The topological polar surface area (TPSA) is 66.8 Å². The highest BCUT2D eigenvalue weighted by atomic mass is 16.5. The zero-order valence-corrected chi connectivity index (χ0v) is 11.3. The molecule has 1 atom stereocenters. The SMILES string of the molecule is CC1CN(C(=O)C=Cc2ccc(C(=O)O)cc2)CCO1. The summed E-state index contributed by atoms with van der Waals surface area (Å²) < 4.78 is 5.38. The van der Waals surface area contributed by atoms with Gasteiger partial charge in [0, 0.05) is 19.2 Å². The van der Waals surface area contributed by atoms with Crippen molar-refractivity contribution in [2.24, 2.45) is 0 Å². The number of hydrogen-bond donors (Lipinski definition) is 1. The molecule has 1 fully saturated rings. The number of rotatable bonds is 3. The fraction of sp³-hybridized carbons (Fsp3) is 0.333. The summed E-state index contributed by atoms with van der Waals surface area (Å²) in [4.78, 5) is 24.5. The predicted molar refractivity (Wildman–Crippen MR) is 74.4 cm³/mol. The highest BCUT2D eigenvalue weighted by molar-refractivity contribution is 5.92. The second-order valence-electron chi connectivity index (χ2n) is 4.73. The van der Waals surface area contributed by atoms with Gasteiger partial charge < -0.3 is 14.7 Å². The van der Waals surface area contributed by atoms with E-state index in [0.29, 0.717) is 19.7 Å². The number of hydrogen-bond acceptors (Lipinski definition) is 3. The number of benzene rings is 1. The molecular formula is C15H17NO4. The average molecular weight is 275 g/mol. The molecule has 2 rings (SSSR count). The van der Waals surface area contributed by atoms with Gasteiger partial charge in [-0.1, -0.05) is 12.1 Å². The number of amides is 1. The number of carbonyl (C=O) groups excluding carboxylic acids is 1. The number of ether oxygens (including phenoxy) is 1. The quantitative estimate of drug-likeness (QED) is 0.852. The number of carboxylic acids is 1. The summed E-state index contributed by atoms with van der Waals surface area (Å²) in [6.07, 6.45) is 3.26. The van der Waals surface area contributed by atoms with Crippen molar-refractivity contribution in [1.29, 1.82) is 0 Å².